The number of aromatic nitrogens is 2. The predicted molar refractivity (Wildman–Crippen MR) is 97.6 cm³/mol. The molecule has 0 spiro atoms. The molecule has 1 aromatic heterocycles. The fourth-order valence-corrected chi connectivity index (χ4v) is 4.62. The van der Waals surface area contributed by atoms with Crippen molar-refractivity contribution in [3.05, 3.63) is 47.4 Å². The minimum absolute atomic E-state index is 0.0131. The maximum absolute atomic E-state index is 13.9. The van der Waals surface area contributed by atoms with Crippen molar-refractivity contribution in [2.45, 2.75) is 38.6 Å². The SMILES string of the molecule is CC(C)(C)c1cc(NC(=O)c2ccccc2F)n([C@@H]2CCS(=O)(=O)C2)n1. The monoisotopic (exact) mass is 379 g/mol. The summed E-state index contributed by atoms with van der Waals surface area (Å²) in [6.07, 6.45) is 0.441. The van der Waals surface area contributed by atoms with Crippen LogP contribution in [0, 0.1) is 5.82 Å². The van der Waals surface area contributed by atoms with Crippen LogP contribution in [0.15, 0.2) is 30.3 Å². The quantitative estimate of drug-likeness (QED) is 0.889. The van der Waals surface area contributed by atoms with Gasteiger partial charge in [-0.2, -0.15) is 5.10 Å². The molecule has 1 fully saturated rings. The molecule has 0 unspecified atom stereocenters. The van der Waals surface area contributed by atoms with Gasteiger partial charge >= 0.3 is 0 Å². The number of sulfone groups is 1. The molecule has 0 saturated carbocycles. The lowest BCUT2D eigenvalue weighted by molar-refractivity contribution is 0.102. The Morgan fingerprint density at radius 1 is 1.31 bits per heavy atom. The van der Waals surface area contributed by atoms with Gasteiger partial charge in [-0.1, -0.05) is 32.9 Å². The molecule has 1 atom stereocenters. The van der Waals surface area contributed by atoms with Gasteiger partial charge in [0.05, 0.1) is 28.8 Å². The Kier molecular flexibility index (Phi) is 4.64. The molecule has 140 valence electrons. The molecule has 1 aliphatic heterocycles. The molecule has 26 heavy (non-hydrogen) atoms. The Bertz CT molecular complexity index is 945. The van der Waals surface area contributed by atoms with Crippen LogP contribution in [0.2, 0.25) is 0 Å². The van der Waals surface area contributed by atoms with Crippen molar-refractivity contribution in [1.82, 2.24) is 9.78 Å². The topological polar surface area (TPSA) is 81.1 Å². The molecule has 2 aromatic rings. The minimum atomic E-state index is -3.11. The number of nitrogens with zero attached hydrogens (tertiary/aromatic N) is 2. The van der Waals surface area contributed by atoms with E-state index in [2.05, 4.69) is 10.4 Å². The number of nitrogens with one attached hydrogen (secondary N) is 1. The van der Waals surface area contributed by atoms with E-state index < -0.39 is 21.6 Å². The second-order valence-corrected chi connectivity index (χ2v) is 9.83. The smallest absolute Gasteiger partial charge is 0.259 e. The summed E-state index contributed by atoms with van der Waals surface area (Å²) in [6, 6.07) is 7.10. The Morgan fingerprint density at radius 2 is 2.00 bits per heavy atom. The summed E-state index contributed by atoms with van der Waals surface area (Å²) >= 11 is 0. The van der Waals surface area contributed by atoms with Crippen LogP contribution in [0.4, 0.5) is 10.2 Å². The van der Waals surface area contributed by atoms with Crippen LogP contribution in [-0.2, 0) is 15.3 Å². The lowest BCUT2D eigenvalue weighted by atomic mass is 9.92. The largest absolute Gasteiger partial charge is 0.307 e. The van der Waals surface area contributed by atoms with Crippen LogP contribution < -0.4 is 5.32 Å². The molecule has 1 aromatic carbocycles. The standard InChI is InChI=1S/C18H22FN3O3S/c1-18(2,3)15-10-16(20-17(23)13-6-4-5-7-14(13)19)22(21-15)12-8-9-26(24,25)11-12/h4-7,10,12H,8-9,11H2,1-3H3,(H,20,23)/t12-/m1/s1. The highest BCUT2D eigenvalue weighted by Gasteiger charge is 2.33. The van der Waals surface area contributed by atoms with Gasteiger partial charge in [0.2, 0.25) is 0 Å². The molecule has 6 nitrogen and oxygen atoms in total. The van der Waals surface area contributed by atoms with E-state index in [4.69, 9.17) is 0 Å². The third-order valence-corrected chi connectivity index (χ3v) is 6.17. The fraction of sp³-hybridized carbons (Fsp3) is 0.444. The zero-order chi connectivity index (χ0) is 19.1. The molecule has 1 aliphatic rings. The molecule has 0 bridgehead atoms. The van der Waals surface area contributed by atoms with E-state index in [1.165, 1.54) is 18.2 Å². The summed E-state index contributed by atoms with van der Waals surface area (Å²) in [6.45, 7) is 5.94. The van der Waals surface area contributed by atoms with Crippen molar-refractivity contribution in [3.8, 4) is 0 Å². The van der Waals surface area contributed by atoms with Crippen molar-refractivity contribution in [2.24, 2.45) is 0 Å². The third-order valence-electron chi connectivity index (χ3n) is 4.42. The van der Waals surface area contributed by atoms with Crippen molar-refractivity contribution >= 4 is 21.6 Å². The van der Waals surface area contributed by atoms with Gasteiger partial charge in [0.15, 0.2) is 9.84 Å². The Morgan fingerprint density at radius 3 is 2.58 bits per heavy atom. The fourth-order valence-electron chi connectivity index (χ4n) is 2.93. The number of halogens is 1. The predicted octanol–water partition coefficient (Wildman–Crippen LogP) is 2.93. The highest BCUT2D eigenvalue weighted by atomic mass is 32.2. The number of hydrogen-bond donors (Lipinski definition) is 1. The summed E-state index contributed by atoms with van der Waals surface area (Å²) in [5.41, 5.74) is 0.377. The van der Waals surface area contributed by atoms with E-state index in [1.54, 1.807) is 16.8 Å². The molecule has 3 rings (SSSR count). The van der Waals surface area contributed by atoms with E-state index in [1.807, 2.05) is 20.8 Å². The summed E-state index contributed by atoms with van der Waals surface area (Å²) in [5, 5.41) is 7.23. The van der Waals surface area contributed by atoms with Gasteiger partial charge in [0.1, 0.15) is 11.6 Å². The van der Waals surface area contributed by atoms with Gasteiger partial charge in [-0.3, -0.25) is 4.79 Å². The second-order valence-electron chi connectivity index (χ2n) is 7.60. The van der Waals surface area contributed by atoms with E-state index >= 15 is 0 Å². The Labute approximate surface area is 152 Å². The van der Waals surface area contributed by atoms with E-state index in [-0.39, 0.29) is 28.5 Å². The molecule has 1 amide bonds. The molecular weight excluding hydrogens is 357 g/mol. The number of carbonyl (C=O) groups excluding carboxylic acids is 1. The molecule has 1 N–H and O–H groups in total. The first kappa shape index (κ1) is 18.6. The van der Waals surface area contributed by atoms with Gasteiger partial charge in [-0.15, -0.1) is 0 Å². The Hall–Kier alpha value is -2.22. The second kappa shape index (κ2) is 6.50. The van der Waals surface area contributed by atoms with Crippen LogP contribution in [-0.4, -0.2) is 35.6 Å². The molecule has 1 saturated heterocycles. The van der Waals surface area contributed by atoms with Crippen LogP contribution in [0.1, 0.15) is 49.3 Å². The average Bonchev–Trinajstić information content (AvgIpc) is 3.10. The van der Waals surface area contributed by atoms with Gasteiger partial charge in [-0.25, -0.2) is 17.5 Å². The number of rotatable bonds is 3. The van der Waals surface area contributed by atoms with Crippen molar-refractivity contribution in [3.63, 3.8) is 0 Å². The van der Waals surface area contributed by atoms with Gasteiger partial charge in [0.25, 0.3) is 5.91 Å². The average molecular weight is 379 g/mol. The zero-order valence-electron chi connectivity index (χ0n) is 15.0. The molecule has 0 radical (unpaired) electrons. The van der Waals surface area contributed by atoms with Crippen LogP contribution in [0.5, 0.6) is 0 Å². The first-order valence-corrected chi connectivity index (χ1v) is 10.3. The molecule has 8 heteroatoms. The number of hydrogen-bond acceptors (Lipinski definition) is 4. The number of benzene rings is 1. The molecule has 0 aliphatic carbocycles. The summed E-state index contributed by atoms with van der Waals surface area (Å²) in [7, 11) is -3.11. The molecule has 2 heterocycles. The zero-order valence-corrected chi connectivity index (χ0v) is 15.8. The maximum Gasteiger partial charge on any atom is 0.259 e. The van der Waals surface area contributed by atoms with E-state index in [0.717, 1.165) is 5.69 Å². The van der Waals surface area contributed by atoms with Crippen LogP contribution in [0.25, 0.3) is 0 Å². The lowest BCUT2D eigenvalue weighted by Crippen LogP contribution is -2.20. The Balaban J connectivity index is 1.96. The first-order chi connectivity index (χ1) is 12.1. The van der Waals surface area contributed by atoms with E-state index in [0.29, 0.717) is 12.2 Å². The van der Waals surface area contributed by atoms with Crippen LogP contribution in [0.3, 0.4) is 0 Å². The summed E-state index contributed by atoms with van der Waals surface area (Å²) < 4.78 is 39.1. The number of anilines is 1. The normalized spacial score (nSPS) is 19.5. The third kappa shape index (κ3) is 3.80. The van der Waals surface area contributed by atoms with Crippen molar-refractivity contribution in [1.29, 1.82) is 0 Å². The summed E-state index contributed by atoms with van der Waals surface area (Å²) in [4.78, 5) is 12.5. The van der Waals surface area contributed by atoms with Gasteiger partial charge in [0, 0.05) is 11.5 Å². The number of amides is 1. The highest BCUT2D eigenvalue weighted by Crippen LogP contribution is 2.31. The van der Waals surface area contributed by atoms with Crippen molar-refractivity contribution < 1.29 is 17.6 Å². The maximum atomic E-state index is 13.9. The molecular formula is C18H22FN3O3S. The van der Waals surface area contributed by atoms with Crippen molar-refractivity contribution in [2.75, 3.05) is 16.8 Å². The van der Waals surface area contributed by atoms with Gasteiger partial charge in [-0.05, 0) is 18.6 Å². The minimum Gasteiger partial charge on any atom is -0.307 e. The lowest BCUT2D eigenvalue weighted by Gasteiger charge is -2.15. The highest BCUT2D eigenvalue weighted by molar-refractivity contribution is 7.91. The van der Waals surface area contributed by atoms with Gasteiger partial charge < -0.3 is 5.32 Å². The number of carbonyl (C=O) groups is 1. The summed E-state index contributed by atoms with van der Waals surface area (Å²) in [5.74, 6) is -0.740. The van der Waals surface area contributed by atoms with Crippen LogP contribution >= 0.6 is 0 Å². The first-order valence-electron chi connectivity index (χ1n) is 8.43. The van der Waals surface area contributed by atoms with E-state index in [9.17, 15) is 17.6 Å².